The molecule has 0 N–H and O–H groups in total. The summed E-state index contributed by atoms with van der Waals surface area (Å²) in [5.74, 6) is 0. The Balaban J connectivity index is -0.0000000480. The highest BCUT2D eigenvalue weighted by Crippen LogP contribution is 1.73. The molecule has 0 amide bonds. The molecule has 48 valence electrons. The maximum Gasteiger partial charge on any atom is 0.00278 e. The van der Waals surface area contributed by atoms with Crippen LogP contribution in [0.5, 0.6) is 0 Å². The van der Waals surface area contributed by atoms with Gasteiger partial charge in [-0.05, 0) is 11.0 Å². The first-order valence-electron chi connectivity index (χ1n) is 2.91. The minimum absolute atomic E-state index is 0. The summed E-state index contributed by atoms with van der Waals surface area (Å²) in [6, 6.07) is 1.46. The van der Waals surface area contributed by atoms with Crippen LogP contribution in [0.15, 0.2) is 0 Å². The molecule has 0 rings (SSSR count). The van der Waals surface area contributed by atoms with Crippen molar-refractivity contribution < 1.29 is 0 Å². The van der Waals surface area contributed by atoms with Gasteiger partial charge < -0.3 is 0 Å². The fraction of sp³-hybridized carbons (Fsp3) is 1.00. The summed E-state index contributed by atoms with van der Waals surface area (Å²) in [7, 11) is 1.39. The lowest BCUT2D eigenvalue weighted by Gasteiger charge is -1.67. The zero-order valence-electron chi connectivity index (χ0n) is 5.41. The second-order valence-electron chi connectivity index (χ2n) is 1.000. The molecule has 0 aliphatic rings. The first-order valence-corrected chi connectivity index (χ1v) is 4.33. The Morgan fingerprint density at radius 2 is 1.43 bits per heavy atom. The van der Waals surface area contributed by atoms with Gasteiger partial charge in [0.2, 0.25) is 0 Å². The van der Waals surface area contributed by atoms with Gasteiger partial charge in [-0.2, -0.15) is 0 Å². The number of rotatable bonds is 1. The van der Waals surface area contributed by atoms with Crippen LogP contribution in [0, 0.1) is 0 Å². The molecule has 0 aromatic carbocycles. The largest absolute Gasteiger partial charge is 0.0683 e. The van der Waals surface area contributed by atoms with Gasteiger partial charge in [-0.25, -0.2) is 0 Å². The summed E-state index contributed by atoms with van der Waals surface area (Å²) in [5.41, 5.74) is 0. The average molecular weight is 136 g/mol. The van der Waals surface area contributed by atoms with Crippen molar-refractivity contribution in [3.8, 4) is 0 Å². The molecular formula is C5H20Si2. The van der Waals surface area contributed by atoms with Crippen molar-refractivity contribution in [3.05, 3.63) is 0 Å². The van der Waals surface area contributed by atoms with Crippen molar-refractivity contribution in [1.29, 1.82) is 0 Å². The predicted molar refractivity (Wildman–Crippen MR) is 47.7 cm³/mol. The Morgan fingerprint density at radius 1 is 1.29 bits per heavy atom. The highest BCUT2D eigenvalue weighted by molar-refractivity contribution is 6.08. The molecule has 0 radical (unpaired) electrons. The Bertz CT molecular complexity index is 8.04. The van der Waals surface area contributed by atoms with Crippen molar-refractivity contribution in [3.63, 3.8) is 0 Å². The van der Waals surface area contributed by atoms with E-state index in [1.807, 2.05) is 13.8 Å². The van der Waals surface area contributed by atoms with Gasteiger partial charge >= 0.3 is 0 Å². The van der Waals surface area contributed by atoms with Gasteiger partial charge in [0.15, 0.2) is 0 Å². The third-order valence-corrected chi connectivity index (χ3v) is 1.50. The van der Waals surface area contributed by atoms with Crippen LogP contribution in [-0.4, -0.2) is 21.2 Å². The molecule has 0 bridgehead atoms. The van der Waals surface area contributed by atoms with Crippen LogP contribution >= 0.6 is 0 Å². The standard InChI is InChI=1S/C3H10Si.C2H6.H4Si/c1-2-3-4;1-2;/h2-3H2,1,4H3;1-2H3;1H4. The van der Waals surface area contributed by atoms with Gasteiger partial charge in [0.05, 0.1) is 0 Å². The maximum absolute atomic E-state index is 2.22. The van der Waals surface area contributed by atoms with Crippen molar-refractivity contribution in [2.75, 3.05) is 0 Å². The van der Waals surface area contributed by atoms with Gasteiger partial charge in [-0.15, -0.1) is 0 Å². The molecule has 0 heterocycles. The van der Waals surface area contributed by atoms with E-state index in [0.717, 1.165) is 0 Å². The van der Waals surface area contributed by atoms with Crippen LogP contribution in [0.4, 0.5) is 0 Å². The van der Waals surface area contributed by atoms with Crippen LogP contribution in [0.2, 0.25) is 6.04 Å². The van der Waals surface area contributed by atoms with Gasteiger partial charge in [-0.1, -0.05) is 33.2 Å². The van der Waals surface area contributed by atoms with Crippen LogP contribution in [-0.2, 0) is 0 Å². The van der Waals surface area contributed by atoms with Gasteiger partial charge in [0.1, 0.15) is 0 Å². The van der Waals surface area contributed by atoms with E-state index >= 15 is 0 Å². The first-order chi connectivity index (χ1) is 2.91. The molecule has 0 spiro atoms. The molecule has 0 saturated heterocycles. The lowest BCUT2D eigenvalue weighted by Crippen LogP contribution is -1.55. The van der Waals surface area contributed by atoms with E-state index in [2.05, 4.69) is 6.92 Å². The van der Waals surface area contributed by atoms with Crippen LogP contribution in [0.1, 0.15) is 27.2 Å². The zero-order valence-corrected chi connectivity index (χ0v) is 7.41. The molecule has 0 atom stereocenters. The van der Waals surface area contributed by atoms with E-state index in [9.17, 15) is 0 Å². The number of hydrogen-bond acceptors (Lipinski definition) is 0. The lowest BCUT2D eigenvalue weighted by molar-refractivity contribution is 1.08. The van der Waals surface area contributed by atoms with Crippen molar-refractivity contribution in [2.24, 2.45) is 0 Å². The molecule has 0 unspecified atom stereocenters. The zero-order chi connectivity index (χ0) is 5.41. The van der Waals surface area contributed by atoms with Gasteiger partial charge in [0.25, 0.3) is 0 Å². The maximum atomic E-state index is 2.22. The monoisotopic (exact) mass is 136 g/mol. The summed E-state index contributed by atoms with van der Waals surface area (Å²) < 4.78 is 0. The minimum atomic E-state index is 0. The Morgan fingerprint density at radius 3 is 1.43 bits per heavy atom. The van der Waals surface area contributed by atoms with Crippen molar-refractivity contribution in [1.82, 2.24) is 0 Å². The molecule has 0 fully saturated rings. The Kier molecular flexibility index (Phi) is 71.7. The SMILES string of the molecule is CC.CCC[SiH3].[SiH4]. The number of hydrogen-bond donors (Lipinski definition) is 0. The van der Waals surface area contributed by atoms with Crippen LogP contribution in [0.25, 0.3) is 0 Å². The second kappa shape index (κ2) is 32.1. The third kappa shape index (κ3) is 61.5. The molecule has 0 aliphatic heterocycles. The molecule has 0 aliphatic carbocycles. The third-order valence-electron chi connectivity index (χ3n) is 0.500. The normalized spacial score (nSPS) is 5.57. The minimum Gasteiger partial charge on any atom is -0.0683 e. The molecule has 0 aromatic heterocycles. The Hall–Kier alpha value is 0.434. The lowest BCUT2D eigenvalue weighted by atomic mass is 10.6. The molecule has 0 nitrogen and oxygen atoms in total. The van der Waals surface area contributed by atoms with E-state index < -0.39 is 0 Å². The van der Waals surface area contributed by atoms with Gasteiger partial charge in [0, 0.05) is 10.2 Å². The van der Waals surface area contributed by atoms with E-state index in [0.29, 0.717) is 0 Å². The highest BCUT2D eigenvalue weighted by Gasteiger charge is 1.57. The second-order valence-corrected chi connectivity index (χ2v) is 2.00. The van der Waals surface area contributed by atoms with Gasteiger partial charge in [-0.3, -0.25) is 0 Å². The van der Waals surface area contributed by atoms with E-state index in [-0.39, 0.29) is 11.0 Å². The Labute approximate surface area is 55.1 Å². The van der Waals surface area contributed by atoms with Crippen molar-refractivity contribution in [2.45, 2.75) is 33.2 Å². The molecule has 0 aromatic rings. The van der Waals surface area contributed by atoms with E-state index in [1.54, 1.807) is 0 Å². The highest BCUT2D eigenvalue weighted by atomic mass is 28.1. The first kappa shape index (κ1) is 15.7. The fourth-order valence-corrected chi connectivity index (χ4v) is 0. The molecule has 0 saturated carbocycles. The van der Waals surface area contributed by atoms with Crippen LogP contribution < -0.4 is 0 Å². The average Bonchev–Trinajstić information content (AvgIpc) is 1.72. The van der Waals surface area contributed by atoms with E-state index in [4.69, 9.17) is 0 Å². The predicted octanol–water partition coefficient (Wildman–Crippen LogP) is -0.245. The summed E-state index contributed by atoms with van der Waals surface area (Å²) in [6.07, 6.45) is 1.38. The summed E-state index contributed by atoms with van der Waals surface area (Å²) in [4.78, 5) is 0. The summed E-state index contributed by atoms with van der Waals surface area (Å²) in [5, 5.41) is 0. The quantitative estimate of drug-likeness (QED) is 0.436. The molecule has 7 heavy (non-hydrogen) atoms. The summed E-state index contributed by atoms with van der Waals surface area (Å²) in [6.45, 7) is 6.22. The summed E-state index contributed by atoms with van der Waals surface area (Å²) >= 11 is 0. The smallest absolute Gasteiger partial charge is 0.00278 e. The van der Waals surface area contributed by atoms with Crippen LogP contribution in [0.3, 0.4) is 0 Å². The fourth-order valence-electron chi connectivity index (χ4n) is 0. The molecule has 2 heteroatoms. The van der Waals surface area contributed by atoms with Crippen molar-refractivity contribution >= 4 is 21.2 Å². The van der Waals surface area contributed by atoms with E-state index in [1.165, 1.54) is 22.7 Å². The molecular weight excluding hydrogens is 116 g/mol. The topological polar surface area (TPSA) is 0 Å².